The van der Waals surface area contributed by atoms with Gasteiger partial charge in [-0.3, -0.25) is 9.36 Å². The molecule has 0 aliphatic rings. The lowest BCUT2D eigenvalue weighted by atomic mass is 10.1. The molecule has 3 heterocycles. The van der Waals surface area contributed by atoms with Crippen molar-refractivity contribution in [3.63, 3.8) is 0 Å². The fourth-order valence-corrected chi connectivity index (χ4v) is 2.80. The maximum atomic E-state index is 12.6. The Hall–Kier alpha value is -3.81. The molecule has 0 saturated carbocycles. The molecule has 0 aliphatic carbocycles. The number of anilines is 1. The molecule has 3 aromatic heterocycles. The zero-order valence-electron chi connectivity index (χ0n) is 15.7. The van der Waals surface area contributed by atoms with Crippen LogP contribution in [0.15, 0.2) is 53.6 Å². The molecule has 0 saturated heterocycles. The lowest BCUT2D eigenvalue weighted by Gasteiger charge is -2.09. The first-order valence-electron chi connectivity index (χ1n) is 8.70. The molecule has 28 heavy (non-hydrogen) atoms. The van der Waals surface area contributed by atoms with E-state index in [0.29, 0.717) is 23.1 Å². The van der Waals surface area contributed by atoms with Crippen LogP contribution in [0, 0.1) is 20.8 Å². The summed E-state index contributed by atoms with van der Waals surface area (Å²) in [4.78, 5) is 25.5. The van der Waals surface area contributed by atoms with Crippen LogP contribution < -0.4 is 5.32 Å². The topological polar surface area (TPSA) is 98.7 Å². The van der Waals surface area contributed by atoms with Crippen LogP contribution in [-0.4, -0.2) is 30.6 Å². The number of imidazole rings is 1. The Labute approximate surface area is 161 Å². The quantitative estimate of drug-likeness (QED) is 0.587. The predicted octanol–water partition coefficient (Wildman–Crippen LogP) is 3.49. The van der Waals surface area contributed by atoms with Crippen LogP contribution in [0.2, 0.25) is 0 Å². The van der Waals surface area contributed by atoms with Gasteiger partial charge in [0.1, 0.15) is 12.0 Å². The van der Waals surface area contributed by atoms with Gasteiger partial charge in [-0.2, -0.15) is 4.98 Å². The standard InChI is InChI=1S/C20H18N6O2/c1-12-6-4-8-16(13(12)2)24-19(27)17-10-26(11-22-17)18-15(7-5-9-21-18)20-23-14(3)25-28-20/h4-11H,1-3H3,(H,24,27). The highest BCUT2D eigenvalue weighted by Gasteiger charge is 2.17. The van der Waals surface area contributed by atoms with E-state index in [0.717, 1.165) is 16.8 Å². The summed E-state index contributed by atoms with van der Waals surface area (Å²) in [6, 6.07) is 9.38. The van der Waals surface area contributed by atoms with Crippen molar-refractivity contribution in [3.05, 3.63) is 71.7 Å². The molecule has 0 unspecified atom stereocenters. The van der Waals surface area contributed by atoms with Gasteiger partial charge in [-0.15, -0.1) is 0 Å². The summed E-state index contributed by atoms with van der Waals surface area (Å²) in [7, 11) is 0. The average molecular weight is 374 g/mol. The zero-order chi connectivity index (χ0) is 19.7. The van der Waals surface area contributed by atoms with E-state index in [4.69, 9.17) is 4.52 Å². The number of hydrogen-bond acceptors (Lipinski definition) is 6. The van der Waals surface area contributed by atoms with Gasteiger partial charge in [0.25, 0.3) is 11.8 Å². The van der Waals surface area contributed by atoms with E-state index in [1.54, 1.807) is 30.0 Å². The minimum Gasteiger partial charge on any atom is -0.334 e. The van der Waals surface area contributed by atoms with Crippen LogP contribution in [0.4, 0.5) is 5.69 Å². The summed E-state index contributed by atoms with van der Waals surface area (Å²) < 4.78 is 6.92. The highest BCUT2D eigenvalue weighted by atomic mass is 16.5. The molecule has 0 fully saturated rings. The number of aromatic nitrogens is 5. The van der Waals surface area contributed by atoms with Crippen molar-refractivity contribution in [2.24, 2.45) is 0 Å². The van der Waals surface area contributed by atoms with Crippen LogP contribution in [0.25, 0.3) is 17.3 Å². The number of carbonyl (C=O) groups excluding carboxylic acids is 1. The number of nitrogens with zero attached hydrogens (tertiary/aromatic N) is 5. The minimum absolute atomic E-state index is 0.277. The molecule has 0 aliphatic heterocycles. The maximum absolute atomic E-state index is 12.6. The summed E-state index contributed by atoms with van der Waals surface area (Å²) in [5.41, 5.74) is 3.82. The predicted molar refractivity (Wildman–Crippen MR) is 103 cm³/mol. The molecule has 4 rings (SSSR count). The van der Waals surface area contributed by atoms with Gasteiger partial charge in [0.2, 0.25) is 0 Å². The molecule has 8 heteroatoms. The van der Waals surface area contributed by atoms with Crippen molar-refractivity contribution in [3.8, 4) is 17.3 Å². The van der Waals surface area contributed by atoms with Gasteiger partial charge in [0.15, 0.2) is 11.6 Å². The fraction of sp³-hybridized carbons (Fsp3) is 0.150. The summed E-state index contributed by atoms with van der Waals surface area (Å²) in [5, 5.41) is 6.73. The van der Waals surface area contributed by atoms with Crippen molar-refractivity contribution >= 4 is 11.6 Å². The van der Waals surface area contributed by atoms with E-state index in [-0.39, 0.29) is 11.6 Å². The molecule has 0 atom stereocenters. The first-order chi connectivity index (χ1) is 13.5. The number of aryl methyl sites for hydroxylation is 2. The van der Waals surface area contributed by atoms with Gasteiger partial charge in [0, 0.05) is 18.1 Å². The number of amides is 1. The second-order valence-electron chi connectivity index (χ2n) is 6.39. The Kier molecular flexibility index (Phi) is 4.44. The molecule has 4 aromatic rings. The molecular weight excluding hydrogens is 356 g/mol. The lowest BCUT2D eigenvalue weighted by molar-refractivity contribution is 0.102. The molecular formula is C20H18N6O2. The van der Waals surface area contributed by atoms with Crippen LogP contribution in [0.5, 0.6) is 0 Å². The van der Waals surface area contributed by atoms with Crippen molar-refractivity contribution in [2.75, 3.05) is 5.32 Å². The zero-order valence-corrected chi connectivity index (χ0v) is 15.7. The molecule has 1 N–H and O–H groups in total. The van der Waals surface area contributed by atoms with E-state index in [2.05, 4.69) is 25.4 Å². The monoisotopic (exact) mass is 374 g/mol. The van der Waals surface area contributed by atoms with Gasteiger partial charge >= 0.3 is 0 Å². The molecule has 8 nitrogen and oxygen atoms in total. The Balaban J connectivity index is 1.63. The van der Waals surface area contributed by atoms with E-state index < -0.39 is 0 Å². The number of hydrogen-bond donors (Lipinski definition) is 1. The van der Waals surface area contributed by atoms with Crippen LogP contribution >= 0.6 is 0 Å². The highest BCUT2D eigenvalue weighted by molar-refractivity contribution is 6.03. The van der Waals surface area contributed by atoms with Gasteiger partial charge in [-0.25, -0.2) is 9.97 Å². The number of rotatable bonds is 4. The van der Waals surface area contributed by atoms with E-state index in [1.807, 2.05) is 38.1 Å². The number of carbonyl (C=O) groups is 1. The van der Waals surface area contributed by atoms with E-state index in [1.165, 1.54) is 6.33 Å². The SMILES string of the molecule is Cc1noc(-c2cccnc2-n2cnc(C(=O)Nc3cccc(C)c3C)c2)n1. The summed E-state index contributed by atoms with van der Waals surface area (Å²) in [6.45, 7) is 5.72. The molecule has 0 spiro atoms. The summed E-state index contributed by atoms with van der Waals surface area (Å²) in [6.07, 6.45) is 4.81. The van der Waals surface area contributed by atoms with Crippen molar-refractivity contribution in [2.45, 2.75) is 20.8 Å². The Morgan fingerprint density at radius 3 is 2.75 bits per heavy atom. The smallest absolute Gasteiger partial charge is 0.275 e. The number of pyridine rings is 1. The summed E-state index contributed by atoms with van der Waals surface area (Å²) in [5.74, 6) is 1.14. The van der Waals surface area contributed by atoms with Gasteiger partial charge in [-0.05, 0) is 50.1 Å². The van der Waals surface area contributed by atoms with Crippen LogP contribution in [0.3, 0.4) is 0 Å². The van der Waals surface area contributed by atoms with Crippen LogP contribution in [0.1, 0.15) is 27.4 Å². The highest BCUT2D eigenvalue weighted by Crippen LogP contribution is 2.24. The molecule has 0 radical (unpaired) electrons. The number of benzene rings is 1. The number of nitrogens with one attached hydrogen (secondary N) is 1. The third-order valence-corrected chi connectivity index (χ3v) is 4.46. The van der Waals surface area contributed by atoms with Gasteiger partial charge in [0.05, 0.1) is 5.56 Å². The first-order valence-corrected chi connectivity index (χ1v) is 8.70. The van der Waals surface area contributed by atoms with Crippen molar-refractivity contribution in [1.29, 1.82) is 0 Å². The van der Waals surface area contributed by atoms with Gasteiger partial charge < -0.3 is 9.84 Å². The minimum atomic E-state index is -0.293. The Morgan fingerprint density at radius 1 is 1.11 bits per heavy atom. The average Bonchev–Trinajstić information content (AvgIpc) is 3.35. The second kappa shape index (κ2) is 7.07. The van der Waals surface area contributed by atoms with E-state index >= 15 is 0 Å². The Bertz CT molecular complexity index is 1160. The molecule has 0 bridgehead atoms. The van der Waals surface area contributed by atoms with Crippen molar-refractivity contribution < 1.29 is 9.32 Å². The molecule has 1 aromatic carbocycles. The molecule has 1 amide bonds. The summed E-state index contributed by atoms with van der Waals surface area (Å²) >= 11 is 0. The normalized spacial score (nSPS) is 10.8. The third-order valence-electron chi connectivity index (χ3n) is 4.46. The largest absolute Gasteiger partial charge is 0.334 e. The van der Waals surface area contributed by atoms with Crippen LogP contribution in [-0.2, 0) is 0 Å². The first kappa shape index (κ1) is 17.6. The molecule has 140 valence electrons. The van der Waals surface area contributed by atoms with Crippen molar-refractivity contribution in [1.82, 2.24) is 24.7 Å². The van der Waals surface area contributed by atoms with Gasteiger partial charge in [-0.1, -0.05) is 17.3 Å². The third kappa shape index (κ3) is 3.27. The lowest BCUT2D eigenvalue weighted by Crippen LogP contribution is -2.13. The second-order valence-corrected chi connectivity index (χ2v) is 6.39. The Morgan fingerprint density at radius 2 is 1.96 bits per heavy atom. The van der Waals surface area contributed by atoms with E-state index in [9.17, 15) is 4.79 Å². The maximum Gasteiger partial charge on any atom is 0.275 e. The fourth-order valence-electron chi connectivity index (χ4n) is 2.80.